The molecule has 28 heavy (non-hydrogen) atoms. The quantitative estimate of drug-likeness (QED) is 0.633. The molecule has 2 aromatic carbocycles. The van der Waals surface area contributed by atoms with E-state index in [9.17, 15) is 4.79 Å². The number of carbonyl (C=O) groups is 1. The van der Waals surface area contributed by atoms with Crippen LogP contribution in [-0.2, 0) is 6.42 Å². The van der Waals surface area contributed by atoms with Crippen LogP contribution < -0.4 is 15.4 Å². The van der Waals surface area contributed by atoms with Crippen molar-refractivity contribution in [2.24, 2.45) is 0 Å². The Bertz CT molecular complexity index is 935. The summed E-state index contributed by atoms with van der Waals surface area (Å²) in [6.07, 6.45) is 2.47. The molecule has 0 aliphatic heterocycles. The van der Waals surface area contributed by atoms with Gasteiger partial charge in [-0.2, -0.15) is 0 Å². The fourth-order valence-electron chi connectivity index (χ4n) is 2.82. The zero-order chi connectivity index (χ0) is 19.9. The average Bonchev–Trinajstić information content (AvgIpc) is 2.71. The van der Waals surface area contributed by atoms with Crippen molar-refractivity contribution >= 4 is 17.4 Å². The summed E-state index contributed by atoms with van der Waals surface area (Å²) in [5.41, 5.74) is 4.71. The van der Waals surface area contributed by atoms with E-state index in [0.717, 1.165) is 41.3 Å². The average molecular weight is 375 g/mol. The summed E-state index contributed by atoms with van der Waals surface area (Å²) in [7, 11) is 1.66. The summed E-state index contributed by atoms with van der Waals surface area (Å²) < 4.78 is 5.16. The second-order valence-electron chi connectivity index (χ2n) is 6.73. The lowest BCUT2D eigenvalue weighted by Gasteiger charge is -2.10. The Morgan fingerprint density at radius 3 is 2.50 bits per heavy atom. The van der Waals surface area contributed by atoms with Gasteiger partial charge in [0.05, 0.1) is 12.7 Å². The Hall–Kier alpha value is -3.34. The minimum absolute atomic E-state index is 0.161. The summed E-state index contributed by atoms with van der Waals surface area (Å²) in [4.78, 5) is 16.8. The highest BCUT2D eigenvalue weighted by Gasteiger charge is 2.08. The Morgan fingerprint density at radius 2 is 1.82 bits per heavy atom. The minimum atomic E-state index is -0.161. The van der Waals surface area contributed by atoms with Crippen molar-refractivity contribution in [3.63, 3.8) is 0 Å². The van der Waals surface area contributed by atoms with Gasteiger partial charge in [0.1, 0.15) is 11.6 Å². The standard InChI is InChI=1S/C23H25N3O2/c1-16-4-5-17(2)21(14-16)26-23(27)19-8-11-22(25-15-19)24-13-12-18-6-9-20(28-3)10-7-18/h4-11,14-15H,12-13H2,1-3H3,(H,24,25)(H,26,27). The molecule has 0 atom stereocenters. The van der Waals surface area contributed by atoms with Gasteiger partial charge in [-0.25, -0.2) is 4.98 Å². The second-order valence-corrected chi connectivity index (χ2v) is 6.73. The fraction of sp³-hybridized carbons (Fsp3) is 0.217. The molecule has 1 amide bonds. The lowest BCUT2D eigenvalue weighted by molar-refractivity contribution is 0.102. The van der Waals surface area contributed by atoms with Crippen molar-refractivity contribution in [3.05, 3.63) is 83.0 Å². The summed E-state index contributed by atoms with van der Waals surface area (Å²) >= 11 is 0. The Morgan fingerprint density at radius 1 is 1.04 bits per heavy atom. The maximum Gasteiger partial charge on any atom is 0.257 e. The third-order valence-electron chi connectivity index (χ3n) is 4.55. The highest BCUT2D eigenvalue weighted by atomic mass is 16.5. The van der Waals surface area contributed by atoms with Crippen LogP contribution in [0.2, 0.25) is 0 Å². The van der Waals surface area contributed by atoms with E-state index in [2.05, 4.69) is 27.8 Å². The topological polar surface area (TPSA) is 63.2 Å². The van der Waals surface area contributed by atoms with Crippen molar-refractivity contribution in [1.82, 2.24) is 4.98 Å². The first-order valence-corrected chi connectivity index (χ1v) is 9.26. The number of anilines is 2. The molecule has 0 saturated heterocycles. The predicted octanol–water partition coefficient (Wildman–Crippen LogP) is 4.61. The van der Waals surface area contributed by atoms with E-state index in [1.165, 1.54) is 5.56 Å². The van der Waals surface area contributed by atoms with Crippen LogP contribution in [0.4, 0.5) is 11.5 Å². The molecule has 0 fully saturated rings. The molecule has 144 valence electrons. The van der Waals surface area contributed by atoms with Crippen molar-refractivity contribution in [2.75, 3.05) is 24.3 Å². The van der Waals surface area contributed by atoms with Crippen LogP contribution in [0.15, 0.2) is 60.8 Å². The molecular formula is C23H25N3O2. The Labute approximate surface area is 165 Å². The predicted molar refractivity (Wildman–Crippen MR) is 113 cm³/mol. The third-order valence-corrected chi connectivity index (χ3v) is 4.55. The van der Waals surface area contributed by atoms with E-state index < -0.39 is 0 Å². The number of rotatable bonds is 7. The molecule has 1 heterocycles. The van der Waals surface area contributed by atoms with Gasteiger partial charge < -0.3 is 15.4 Å². The molecule has 1 aromatic heterocycles. The largest absolute Gasteiger partial charge is 0.497 e. The maximum atomic E-state index is 12.5. The molecule has 0 unspecified atom stereocenters. The van der Waals surface area contributed by atoms with Gasteiger partial charge in [-0.3, -0.25) is 4.79 Å². The molecule has 3 aromatic rings. The number of aryl methyl sites for hydroxylation is 2. The molecule has 3 rings (SSSR count). The SMILES string of the molecule is COc1ccc(CCNc2ccc(C(=O)Nc3cc(C)ccc3C)cn2)cc1. The van der Waals surface area contributed by atoms with Gasteiger partial charge in [-0.05, 0) is 67.3 Å². The van der Waals surface area contributed by atoms with Gasteiger partial charge >= 0.3 is 0 Å². The van der Waals surface area contributed by atoms with Crippen LogP contribution in [0.3, 0.4) is 0 Å². The van der Waals surface area contributed by atoms with Crippen molar-refractivity contribution in [3.8, 4) is 5.75 Å². The number of hydrogen-bond donors (Lipinski definition) is 2. The maximum absolute atomic E-state index is 12.5. The van der Waals surface area contributed by atoms with Crippen LogP contribution >= 0.6 is 0 Å². The van der Waals surface area contributed by atoms with Crippen molar-refractivity contribution in [2.45, 2.75) is 20.3 Å². The van der Waals surface area contributed by atoms with Gasteiger partial charge in [0.25, 0.3) is 5.91 Å². The van der Waals surface area contributed by atoms with Crippen LogP contribution in [0, 0.1) is 13.8 Å². The molecule has 0 aliphatic rings. The number of hydrogen-bond acceptors (Lipinski definition) is 4. The van der Waals surface area contributed by atoms with Crippen LogP contribution in [0.5, 0.6) is 5.75 Å². The molecule has 0 aliphatic carbocycles. The number of amides is 1. The number of benzene rings is 2. The zero-order valence-electron chi connectivity index (χ0n) is 16.5. The minimum Gasteiger partial charge on any atom is -0.497 e. The number of pyridine rings is 1. The molecule has 5 nitrogen and oxygen atoms in total. The van der Waals surface area contributed by atoms with Crippen LogP contribution in [-0.4, -0.2) is 24.5 Å². The lowest BCUT2D eigenvalue weighted by atomic mass is 10.1. The summed E-state index contributed by atoms with van der Waals surface area (Å²) in [5.74, 6) is 1.44. The zero-order valence-corrected chi connectivity index (χ0v) is 16.5. The molecule has 0 saturated carbocycles. The monoisotopic (exact) mass is 375 g/mol. The molecule has 0 radical (unpaired) electrons. The van der Waals surface area contributed by atoms with Gasteiger partial charge in [-0.15, -0.1) is 0 Å². The smallest absolute Gasteiger partial charge is 0.257 e. The number of methoxy groups -OCH3 is 1. The van der Waals surface area contributed by atoms with E-state index in [1.54, 1.807) is 19.4 Å². The number of nitrogens with zero attached hydrogens (tertiary/aromatic N) is 1. The number of ether oxygens (including phenoxy) is 1. The second kappa shape index (κ2) is 9.04. The summed E-state index contributed by atoms with van der Waals surface area (Å²) in [6.45, 7) is 4.74. The first-order valence-electron chi connectivity index (χ1n) is 9.26. The molecule has 0 spiro atoms. The first-order chi connectivity index (χ1) is 13.5. The molecule has 5 heteroatoms. The number of carbonyl (C=O) groups excluding carboxylic acids is 1. The summed E-state index contributed by atoms with van der Waals surface area (Å²) in [6, 6.07) is 17.6. The van der Waals surface area contributed by atoms with Crippen molar-refractivity contribution in [1.29, 1.82) is 0 Å². The first kappa shape index (κ1) is 19.4. The van der Waals surface area contributed by atoms with E-state index >= 15 is 0 Å². The summed E-state index contributed by atoms with van der Waals surface area (Å²) in [5, 5.41) is 6.23. The van der Waals surface area contributed by atoms with Gasteiger partial charge in [0.15, 0.2) is 0 Å². The van der Waals surface area contributed by atoms with E-state index in [4.69, 9.17) is 4.74 Å². The number of nitrogens with one attached hydrogen (secondary N) is 2. The Kier molecular flexibility index (Phi) is 6.27. The van der Waals surface area contributed by atoms with E-state index in [1.807, 2.05) is 50.2 Å². The third kappa shape index (κ3) is 5.10. The van der Waals surface area contributed by atoms with E-state index in [-0.39, 0.29) is 5.91 Å². The van der Waals surface area contributed by atoms with Gasteiger partial charge in [0, 0.05) is 18.4 Å². The highest BCUT2D eigenvalue weighted by Crippen LogP contribution is 2.18. The molecule has 2 N–H and O–H groups in total. The normalized spacial score (nSPS) is 10.4. The Balaban J connectivity index is 1.53. The lowest BCUT2D eigenvalue weighted by Crippen LogP contribution is -2.14. The van der Waals surface area contributed by atoms with Gasteiger partial charge in [0.2, 0.25) is 0 Å². The molecular weight excluding hydrogens is 350 g/mol. The van der Waals surface area contributed by atoms with Crippen LogP contribution in [0.25, 0.3) is 0 Å². The fourth-order valence-corrected chi connectivity index (χ4v) is 2.82. The highest BCUT2D eigenvalue weighted by molar-refractivity contribution is 6.04. The van der Waals surface area contributed by atoms with Crippen molar-refractivity contribution < 1.29 is 9.53 Å². The van der Waals surface area contributed by atoms with Gasteiger partial charge in [-0.1, -0.05) is 24.3 Å². The molecule has 0 bridgehead atoms. The number of aromatic nitrogens is 1. The van der Waals surface area contributed by atoms with E-state index in [0.29, 0.717) is 5.56 Å². The van der Waals surface area contributed by atoms with Crippen LogP contribution in [0.1, 0.15) is 27.0 Å².